The molecule has 0 radical (unpaired) electrons. The number of rotatable bonds is 4. The van der Waals surface area contributed by atoms with Crippen LogP contribution in [-0.4, -0.2) is 28.5 Å². The van der Waals surface area contributed by atoms with Gasteiger partial charge in [-0.2, -0.15) is 0 Å². The Labute approximate surface area is 173 Å². The lowest BCUT2D eigenvalue weighted by Gasteiger charge is -2.38. The summed E-state index contributed by atoms with van der Waals surface area (Å²) in [6, 6.07) is 8.28. The minimum Gasteiger partial charge on any atom is -0.349 e. The molecule has 1 unspecified atom stereocenters. The Morgan fingerprint density at radius 3 is 3.00 bits per heavy atom. The molecule has 0 bridgehead atoms. The summed E-state index contributed by atoms with van der Waals surface area (Å²) in [5, 5.41) is 6.75. The Balaban J connectivity index is 0.00000131. The number of hydrogen-bond acceptors (Lipinski definition) is 3. The van der Waals surface area contributed by atoms with Gasteiger partial charge in [0.1, 0.15) is 0 Å². The Morgan fingerprint density at radius 2 is 2.22 bits per heavy atom. The number of hydrogen-bond donors (Lipinski definition) is 2. The average Bonchev–Trinajstić information content (AvgIpc) is 3.32. The molecule has 1 saturated heterocycles. The van der Waals surface area contributed by atoms with Gasteiger partial charge in [-0.05, 0) is 49.9 Å². The highest BCUT2D eigenvalue weighted by Crippen LogP contribution is 2.44. The molecule has 1 amide bonds. The molecule has 2 fully saturated rings. The molecule has 2 aromatic rings. The molecule has 1 aliphatic heterocycles. The predicted octanol–water partition coefficient (Wildman–Crippen LogP) is 3.67. The number of nitrogens with one attached hydrogen (secondary N) is 2. The lowest BCUT2D eigenvalue weighted by atomic mass is 9.67. The fourth-order valence-electron chi connectivity index (χ4n) is 4.48. The number of fused-ring (bicyclic) bond motifs is 1. The summed E-state index contributed by atoms with van der Waals surface area (Å²) in [6.07, 6.45) is 10.1. The van der Waals surface area contributed by atoms with Gasteiger partial charge in [0.25, 0.3) is 0 Å². The largest absolute Gasteiger partial charge is 0.349 e. The third-order valence-corrected chi connectivity index (χ3v) is 6.01. The van der Waals surface area contributed by atoms with Crippen LogP contribution in [0.15, 0.2) is 43.0 Å². The number of nitrogens with zero attached hydrogens (tertiary/aromatic N) is 2. The molecule has 0 spiro atoms. The normalized spacial score (nSPS) is 24.9. The number of aromatic nitrogens is 2. The molecular formula is C20H28Cl2N4O. The van der Waals surface area contributed by atoms with Crippen molar-refractivity contribution in [2.45, 2.75) is 38.6 Å². The van der Waals surface area contributed by atoms with Crippen molar-refractivity contribution in [1.29, 1.82) is 0 Å². The molecule has 1 aromatic carbocycles. The third-order valence-electron chi connectivity index (χ3n) is 6.01. The Kier molecular flexibility index (Phi) is 7.32. The van der Waals surface area contributed by atoms with Gasteiger partial charge in [-0.3, -0.25) is 4.79 Å². The van der Waals surface area contributed by atoms with Crippen molar-refractivity contribution in [3.8, 4) is 5.69 Å². The number of carbonyl (C=O) groups is 1. The second-order valence-electron chi connectivity index (χ2n) is 7.49. The van der Waals surface area contributed by atoms with Crippen molar-refractivity contribution in [2.24, 2.45) is 11.3 Å². The molecule has 1 saturated carbocycles. The average molecular weight is 411 g/mol. The zero-order chi connectivity index (χ0) is 17.3. The van der Waals surface area contributed by atoms with E-state index in [0.717, 1.165) is 37.2 Å². The summed E-state index contributed by atoms with van der Waals surface area (Å²) in [7, 11) is 0. The van der Waals surface area contributed by atoms with E-state index in [2.05, 4.69) is 40.7 Å². The van der Waals surface area contributed by atoms with Crippen LogP contribution in [0, 0.1) is 11.3 Å². The predicted molar refractivity (Wildman–Crippen MR) is 112 cm³/mol. The Morgan fingerprint density at radius 1 is 1.37 bits per heavy atom. The summed E-state index contributed by atoms with van der Waals surface area (Å²) in [5.41, 5.74) is 1.98. The first-order valence-electron chi connectivity index (χ1n) is 9.29. The topological polar surface area (TPSA) is 59.0 Å². The number of halogens is 2. The molecule has 3 atom stereocenters. The number of amides is 1. The van der Waals surface area contributed by atoms with Crippen LogP contribution < -0.4 is 10.6 Å². The van der Waals surface area contributed by atoms with Gasteiger partial charge in [-0.15, -0.1) is 24.8 Å². The molecule has 2 aliphatic rings. The second-order valence-corrected chi connectivity index (χ2v) is 7.49. The highest BCUT2D eigenvalue weighted by atomic mass is 35.5. The SMILES string of the molecule is CC(NC(=O)[C@@]12CCCC[C@H]1CNC2)c1cccc(-n2ccnc2)c1.Cl.Cl. The van der Waals surface area contributed by atoms with Gasteiger partial charge in [0.15, 0.2) is 0 Å². The van der Waals surface area contributed by atoms with Gasteiger partial charge in [-0.1, -0.05) is 25.0 Å². The van der Waals surface area contributed by atoms with Crippen LogP contribution in [0.4, 0.5) is 0 Å². The van der Waals surface area contributed by atoms with Crippen LogP contribution >= 0.6 is 24.8 Å². The van der Waals surface area contributed by atoms with Crippen LogP contribution in [0.5, 0.6) is 0 Å². The first-order valence-corrected chi connectivity index (χ1v) is 9.29. The summed E-state index contributed by atoms with van der Waals surface area (Å²) in [5.74, 6) is 0.716. The van der Waals surface area contributed by atoms with Crippen LogP contribution in [0.2, 0.25) is 0 Å². The van der Waals surface area contributed by atoms with Crippen LogP contribution in [0.3, 0.4) is 0 Å². The molecule has 2 N–H and O–H groups in total. The van der Waals surface area contributed by atoms with Crippen molar-refractivity contribution >= 4 is 30.7 Å². The van der Waals surface area contributed by atoms with E-state index in [9.17, 15) is 4.79 Å². The number of benzene rings is 1. The molecule has 27 heavy (non-hydrogen) atoms. The minimum atomic E-state index is -0.200. The lowest BCUT2D eigenvalue weighted by molar-refractivity contribution is -0.134. The van der Waals surface area contributed by atoms with Crippen molar-refractivity contribution in [3.63, 3.8) is 0 Å². The summed E-state index contributed by atoms with van der Waals surface area (Å²) < 4.78 is 1.98. The maximum absolute atomic E-state index is 13.1. The van der Waals surface area contributed by atoms with Crippen molar-refractivity contribution < 1.29 is 4.79 Å². The van der Waals surface area contributed by atoms with Crippen molar-refractivity contribution in [2.75, 3.05) is 13.1 Å². The van der Waals surface area contributed by atoms with E-state index >= 15 is 0 Å². The monoisotopic (exact) mass is 410 g/mol. The zero-order valence-electron chi connectivity index (χ0n) is 15.6. The first kappa shape index (κ1) is 21.7. The zero-order valence-corrected chi connectivity index (χ0v) is 17.2. The molecule has 7 heteroatoms. The maximum atomic E-state index is 13.1. The lowest BCUT2D eigenvalue weighted by Crippen LogP contribution is -2.48. The number of carbonyl (C=O) groups excluding carboxylic acids is 1. The van der Waals surface area contributed by atoms with Crippen molar-refractivity contribution in [3.05, 3.63) is 48.5 Å². The van der Waals surface area contributed by atoms with E-state index < -0.39 is 0 Å². The molecule has 2 heterocycles. The quantitative estimate of drug-likeness (QED) is 0.807. The van der Waals surface area contributed by atoms with Crippen LogP contribution in [0.1, 0.15) is 44.2 Å². The van der Waals surface area contributed by atoms with Gasteiger partial charge in [0, 0.05) is 24.6 Å². The molecule has 5 nitrogen and oxygen atoms in total. The van der Waals surface area contributed by atoms with Gasteiger partial charge in [0.2, 0.25) is 5.91 Å². The number of imidazole rings is 1. The van der Waals surface area contributed by atoms with E-state index in [1.54, 1.807) is 12.5 Å². The highest BCUT2D eigenvalue weighted by molar-refractivity contribution is 5.85. The van der Waals surface area contributed by atoms with Crippen LogP contribution in [-0.2, 0) is 4.79 Å². The van der Waals surface area contributed by atoms with E-state index in [0.29, 0.717) is 5.92 Å². The molecule has 4 rings (SSSR count). The van der Waals surface area contributed by atoms with E-state index in [4.69, 9.17) is 0 Å². The third kappa shape index (κ3) is 4.15. The van der Waals surface area contributed by atoms with Crippen LogP contribution in [0.25, 0.3) is 5.69 Å². The van der Waals surface area contributed by atoms with E-state index in [1.165, 1.54) is 12.8 Å². The van der Waals surface area contributed by atoms with Gasteiger partial charge >= 0.3 is 0 Å². The maximum Gasteiger partial charge on any atom is 0.228 e. The Hall–Kier alpha value is -1.56. The minimum absolute atomic E-state index is 0. The van der Waals surface area contributed by atoms with Gasteiger partial charge in [-0.25, -0.2) is 4.98 Å². The standard InChI is InChI=1S/C20H26N4O.2ClH/c1-15(16-5-4-7-18(11-16)24-10-9-21-14-24)23-19(25)20-8-3-2-6-17(20)12-22-13-20;;/h4-5,7,9-11,14-15,17,22H,2-3,6,8,12-13H2,1H3,(H,23,25);2*1H/t15?,17-,20+;;/m0../s1. The van der Waals surface area contributed by atoms with Crippen molar-refractivity contribution in [1.82, 2.24) is 20.2 Å². The first-order chi connectivity index (χ1) is 12.2. The fourth-order valence-corrected chi connectivity index (χ4v) is 4.48. The highest BCUT2D eigenvalue weighted by Gasteiger charge is 2.49. The molecule has 1 aliphatic carbocycles. The van der Waals surface area contributed by atoms with Gasteiger partial charge < -0.3 is 15.2 Å². The Bertz CT molecular complexity index is 752. The summed E-state index contributed by atoms with van der Waals surface area (Å²) in [6.45, 7) is 3.88. The second kappa shape index (κ2) is 9.09. The summed E-state index contributed by atoms with van der Waals surface area (Å²) in [4.78, 5) is 17.2. The van der Waals surface area contributed by atoms with E-state index in [-0.39, 0.29) is 42.2 Å². The van der Waals surface area contributed by atoms with Gasteiger partial charge in [0.05, 0.1) is 17.8 Å². The molecule has 148 valence electrons. The summed E-state index contributed by atoms with van der Waals surface area (Å²) >= 11 is 0. The smallest absolute Gasteiger partial charge is 0.228 e. The van der Waals surface area contributed by atoms with E-state index in [1.807, 2.05) is 16.8 Å². The molecule has 1 aromatic heterocycles. The molecular weight excluding hydrogens is 383 g/mol. The fraction of sp³-hybridized carbons (Fsp3) is 0.500.